The van der Waals surface area contributed by atoms with E-state index in [0.717, 1.165) is 0 Å². The highest BCUT2D eigenvalue weighted by molar-refractivity contribution is 5.40. The minimum atomic E-state index is -9.04. The molecule has 0 aliphatic heterocycles. The largest absolute Gasteiger partial charge is 0.384 e. The summed E-state index contributed by atoms with van der Waals surface area (Å²) < 4.78 is 271. The SMILES string of the molecule is FC1(F)C(F)(F)C(F)(F)C2(F)C(F)(F)C(F)(F)C(F)(F)C(F)(C(F)(F)C1(F)F)C2(F)F. The Balaban J connectivity index is 3.37. The van der Waals surface area contributed by atoms with Crippen LogP contribution in [0.1, 0.15) is 0 Å². The molecule has 2 saturated carbocycles. The van der Waals surface area contributed by atoms with Crippen molar-refractivity contribution in [1.82, 2.24) is 0 Å². The van der Waals surface area contributed by atoms with Crippen molar-refractivity contribution < 1.29 is 87.8 Å². The Morgan fingerprint density at radius 3 is 0.484 bits per heavy atom. The summed E-state index contributed by atoms with van der Waals surface area (Å²) in [6.07, 6.45) is 0. The molecule has 2 unspecified atom stereocenters. The monoisotopic (exact) mass is 512 g/mol. The van der Waals surface area contributed by atoms with Crippen LogP contribution in [-0.2, 0) is 0 Å². The van der Waals surface area contributed by atoms with Gasteiger partial charge in [0.2, 0.25) is 0 Å². The van der Waals surface area contributed by atoms with Gasteiger partial charge in [0.15, 0.2) is 0 Å². The fourth-order valence-electron chi connectivity index (χ4n) is 3.07. The highest BCUT2D eigenvalue weighted by Gasteiger charge is 3.14. The molecule has 2 atom stereocenters. The third-order valence-electron chi connectivity index (χ3n) is 4.96. The van der Waals surface area contributed by atoms with Gasteiger partial charge in [0, 0.05) is 0 Å². The molecule has 2 rings (SSSR count). The van der Waals surface area contributed by atoms with Gasteiger partial charge in [-0.2, -0.15) is 79.0 Å². The molecule has 2 fully saturated rings. The lowest BCUT2D eigenvalue weighted by Crippen LogP contribution is -2.96. The molecule has 0 saturated heterocycles. The average molecular weight is 512 g/mol. The van der Waals surface area contributed by atoms with Crippen molar-refractivity contribution >= 4 is 0 Å². The van der Waals surface area contributed by atoms with Gasteiger partial charge in [0.05, 0.1) is 0 Å². The van der Waals surface area contributed by atoms with E-state index in [2.05, 4.69) is 0 Å². The fraction of sp³-hybridized carbons (Fsp3) is 1.00. The van der Waals surface area contributed by atoms with Crippen molar-refractivity contribution in [1.29, 1.82) is 0 Å². The van der Waals surface area contributed by atoms with Crippen LogP contribution >= 0.6 is 0 Å². The third kappa shape index (κ3) is 1.78. The highest BCUT2D eigenvalue weighted by atomic mass is 19.4. The van der Waals surface area contributed by atoms with Gasteiger partial charge in [-0.05, 0) is 0 Å². The Kier molecular flexibility index (Phi) is 4.35. The summed E-state index contributed by atoms with van der Waals surface area (Å²) in [6.45, 7) is 0. The molecule has 0 N–H and O–H groups in total. The zero-order valence-electron chi connectivity index (χ0n) is 13.1. The number of hydrogen-bond acceptors (Lipinski definition) is 0. The number of alkyl halides is 20. The van der Waals surface area contributed by atoms with Gasteiger partial charge < -0.3 is 0 Å². The number of rotatable bonds is 0. The van der Waals surface area contributed by atoms with E-state index in [1.165, 1.54) is 0 Å². The summed E-state index contributed by atoms with van der Waals surface area (Å²) >= 11 is 0. The Hall–Kier alpha value is -1.40. The number of fused-ring (bicyclic) bond motifs is 2. The van der Waals surface area contributed by atoms with Crippen molar-refractivity contribution in [2.24, 2.45) is 0 Å². The molecule has 0 spiro atoms. The van der Waals surface area contributed by atoms with Gasteiger partial charge in [-0.1, -0.05) is 0 Å². The Labute approximate surface area is 154 Å². The lowest BCUT2D eigenvalue weighted by Gasteiger charge is -2.61. The first-order chi connectivity index (χ1) is 13.0. The molecule has 0 amide bonds. The summed E-state index contributed by atoms with van der Waals surface area (Å²) in [6, 6.07) is 0. The van der Waals surface area contributed by atoms with Gasteiger partial charge in [-0.25, -0.2) is 8.78 Å². The predicted octanol–water partition coefficient (Wildman–Crippen LogP) is 6.15. The smallest absolute Gasteiger partial charge is 0.223 e. The van der Waals surface area contributed by atoms with Gasteiger partial charge >= 0.3 is 64.6 Å². The minimum absolute atomic E-state index is 8.61. The van der Waals surface area contributed by atoms with E-state index in [9.17, 15) is 87.8 Å². The van der Waals surface area contributed by atoms with Crippen LogP contribution in [-0.4, -0.2) is 64.6 Å². The molecule has 0 nitrogen and oxygen atoms in total. The van der Waals surface area contributed by atoms with E-state index in [1.807, 2.05) is 0 Å². The van der Waals surface area contributed by atoms with E-state index < -0.39 is 64.6 Å². The second-order valence-corrected chi connectivity index (χ2v) is 6.49. The molecule has 2 aliphatic carbocycles. The number of hydrogen-bond donors (Lipinski definition) is 0. The van der Waals surface area contributed by atoms with Crippen molar-refractivity contribution in [3.63, 3.8) is 0 Å². The zero-order chi connectivity index (χ0) is 25.5. The molecule has 0 aromatic carbocycles. The van der Waals surface area contributed by atoms with Gasteiger partial charge in [-0.3, -0.25) is 0 Å². The van der Waals surface area contributed by atoms with Crippen LogP contribution in [0.4, 0.5) is 87.8 Å². The summed E-state index contributed by atoms with van der Waals surface area (Å²) in [5.41, 5.74) is -18.1. The minimum Gasteiger partial charge on any atom is -0.223 e. The summed E-state index contributed by atoms with van der Waals surface area (Å²) in [4.78, 5) is 0. The summed E-state index contributed by atoms with van der Waals surface area (Å²) in [5, 5.41) is 0. The van der Waals surface area contributed by atoms with Crippen molar-refractivity contribution in [2.75, 3.05) is 0 Å². The highest BCUT2D eigenvalue weighted by Crippen LogP contribution is 2.80. The summed E-state index contributed by atoms with van der Waals surface area (Å²) in [5.74, 6) is -79.6. The van der Waals surface area contributed by atoms with E-state index in [-0.39, 0.29) is 0 Å². The molecule has 0 aromatic heterocycles. The lowest BCUT2D eigenvalue weighted by molar-refractivity contribution is -0.554. The van der Waals surface area contributed by atoms with Crippen LogP contribution in [0.25, 0.3) is 0 Å². The van der Waals surface area contributed by atoms with Crippen molar-refractivity contribution in [3.05, 3.63) is 0 Å². The van der Waals surface area contributed by atoms with E-state index in [0.29, 0.717) is 0 Å². The molecule has 0 heterocycles. The van der Waals surface area contributed by atoms with Crippen molar-refractivity contribution in [3.8, 4) is 0 Å². The van der Waals surface area contributed by atoms with Crippen LogP contribution < -0.4 is 0 Å². The molecule has 184 valence electrons. The zero-order valence-corrected chi connectivity index (χ0v) is 13.1. The molecule has 2 bridgehead atoms. The first kappa shape index (κ1) is 25.9. The Bertz CT molecular complexity index is 731. The van der Waals surface area contributed by atoms with Gasteiger partial charge in [0.1, 0.15) is 0 Å². The molecule has 20 heteroatoms. The fourth-order valence-corrected chi connectivity index (χ4v) is 3.07. The van der Waals surface area contributed by atoms with E-state index in [1.54, 1.807) is 0 Å². The molecular weight excluding hydrogens is 512 g/mol. The van der Waals surface area contributed by atoms with E-state index >= 15 is 0 Å². The maximum absolute atomic E-state index is 14.2. The first-order valence-electron chi connectivity index (χ1n) is 6.78. The van der Waals surface area contributed by atoms with Crippen LogP contribution in [0, 0.1) is 0 Å². The maximum Gasteiger partial charge on any atom is 0.384 e. The lowest BCUT2D eigenvalue weighted by atomic mass is 9.57. The normalized spacial score (nSPS) is 42.2. The molecule has 0 aromatic rings. The Morgan fingerprint density at radius 2 is 0.290 bits per heavy atom. The quantitative estimate of drug-likeness (QED) is 0.342. The molecule has 0 radical (unpaired) electrons. The van der Waals surface area contributed by atoms with Gasteiger partial charge in [-0.15, -0.1) is 0 Å². The standard InChI is InChI=1S/C11F20/c12-1-3(14,15)2(13,5(18,19)8(24,25)4(1,16)17)7(22,23)10(28,29)11(30,31)9(26,27)6(1,20)21. The van der Waals surface area contributed by atoms with Crippen LogP contribution in [0.3, 0.4) is 0 Å². The maximum atomic E-state index is 14.2. The van der Waals surface area contributed by atoms with Crippen molar-refractivity contribution in [2.45, 2.75) is 64.6 Å². The van der Waals surface area contributed by atoms with Crippen LogP contribution in [0.2, 0.25) is 0 Å². The van der Waals surface area contributed by atoms with E-state index in [4.69, 9.17) is 0 Å². The molecule has 31 heavy (non-hydrogen) atoms. The molecular formula is C11F20. The Morgan fingerprint density at radius 1 is 0.161 bits per heavy atom. The second-order valence-electron chi connectivity index (χ2n) is 6.49. The topological polar surface area (TPSA) is 0 Å². The van der Waals surface area contributed by atoms with Crippen LogP contribution in [0.15, 0.2) is 0 Å². The predicted molar refractivity (Wildman–Crippen MR) is 52.2 cm³/mol. The second kappa shape index (κ2) is 5.22. The first-order valence-corrected chi connectivity index (χ1v) is 6.78. The number of halogens is 20. The van der Waals surface area contributed by atoms with Crippen LogP contribution in [0.5, 0.6) is 0 Å². The van der Waals surface area contributed by atoms with Gasteiger partial charge in [0.25, 0.3) is 0 Å². The average Bonchev–Trinajstić information content (AvgIpc) is 2.56. The summed E-state index contributed by atoms with van der Waals surface area (Å²) in [7, 11) is 0. The molecule has 2 aliphatic rings. The third-order valence-corrected chi connectivity index (χ3v) is 4.96.